The van der Waals surface area contributed by atoms with E-state index in [0.717, 1.165) is 63.8 Å². The van der Waals surface area contributed by atoms with Crippen LogP contribution in [0.3, 0.4) is 0 Å². The Balaban J connectivity index is 1.40. The number of aryl methyl sites for hydroxylation is 1. The third-order valence-electron chi connectivity index (χ3n) is 5.32. The van der Waals surface area contributed by atoms with Gasteiger partial charge in [-0.15, -0.1) is 0 Å². The number of furan rings is 1. The molecule has 0 saturated carbocycles. The van der Waals surface area contributed by atoms with E-state index < -0.39 is 0 Å². The van der Waals surface area contributed by atoms with Gasteiger partial charge in [-0.2, -0.15) is 0 Å². The first kappa shape index (κ1) is 17.3. The Morgan fingerprint density at radius 1 is 1.31 bits per heavy atom. The van der Waals surface area contributed by atoms with Crippen molar-refractivity contribution in [2.45, 2.75) is 25.3 Å². The molecule has 0 aromatic carbocycles. The topological polar surface area (TPSA) is 63.7 Å². The SMILES string of the molecule is Cn1ccnc1[C@H]1CCCN(C(=O)c2coc(CN3CCOCC3)c2)C1. The fraction of sp³-hybridized carbons (Fsp3) is 0.579. The van der Waals surface area contributed by atoms with Gasteiger partial charge in [0.1, 0.15) is 17.8 Å². The Bertz CT molecular complexity index is 748. The van der Waals surface area contributed by atoms with Gasteiger partial charge in [0.25, 0.3) is 5.91 Å². The molecule has 0 aliphatic carbocycles. The molecule has 7 heteroatoms. The summed E-state index contributed by atoms with van der Waals surface area (Å²) >= 11 is 0. The number of amides is 1. The van der Waals surface area contributed by atoms with E-state index in [1.54, 1.807) is 6.26 Å². The van der Waals surface area contributed by atoms with Crippen LogP contribution in [0, 0.1) is 0 Å². The molecule has 7 nitrogen and oxygen atoms in total. The predicted octanol–water partition coefficient (Wildman–Crippen LogP) is 1.87. The molecule has 4 rings (SSSR count). The molecular weight excluding hydrogens is 332 g/mol. The van der Waals surface area contributed by atoms with E-state index in [2.05, 4.69) is 14.5 Å². The van der Waals surface area contributed by atoms with Crippen LogP contribution in [-0.4, -0.2) is 64.7 Å². The minimum absolute atomic E-state index is 0.0564. The Morgan fingerprint density at radius 3 is 2.92 bits per heavy atom. The van der Waals surface area contributed by atoms with Crippen LogP contribution in [-0.2, 0) is 18.3 Å². The average molecular weight is 358 g/mol. The average Bonchev–Trinajstić information content (AvgIpc) is 3.31. The standard InChI is InChI=1S/C19H26N4O3/c1-21-6-4-20-18(21)15-3-2-5-23(12-15)19(24)16-11-17(26-14-16)13-22-7-9-25-10-8-22/h4,6,11,14-15H,2-3,5,7-10,12-13H2,1H3/t15-/m0/s1. The molecule has 2 aromatic rings. The highest BCUT2D eigenvalue weighted by atomic mass is 16.5. The number of nitrogens with zero attached hydrogens (tertiary/aromatic N) is 4. The van der Waals surface area contributed by atoms with Gasteiger partial charge in [0.05, 0.1) is 25.3 Å². The molecule has 2 aliphatic heterocycles. The summed E-state index contributed by atoms with van der Waals surface area (Å²) in [6.45, 7) is 5.57. The lowest BCUT2D eigenvalue weighted by Gasteiger charge is -2.32. The number of piperidine rings is 1. The number of hydrogen-bond donors (Lipinski definition) is 0. The molecular formula is C19H26N4O3. The third-order valence-corrected chi connectivity index (χ3v) is 5.32. The minimum atomic E-state index is 0.0564. The molecule has 0 unspecified atom stereocenters. The summed E-state index contributed by atoms with van der Waals surface area (Å²) in [4.78, 5) is 21.6. The largest absolute Gasteiger partial charge is 0.467 e. The summed E-state index contributed by atoms with van der Waals surface area (Å²) in [5, 5.41) is 0. The van der Waals surface area contributed by atoms with E-state index in [-0.39, 0.29) is 5.91 Å². The van der Waals surface area contributed by atoms with Gasteiger partial charge in [-0.3, -0.25) is 9.69 Å². The molecule has 2 saturated heterocycles. The first-order valence-corrected chi connectivity index (χ1v) is 9.34. The number of aromatic nitrogens is 2. The van der Waals surface area contributed by atoms with E-state index in [1.165, 1.54) is 0 Å². The number of likely N-dealkylation sites (tertiary alicyclic amines) is 1. The highest BCUT2D eigenvalue weighted by molar-refractivity contribution is 5.94. The minimum Gasteiger partial charge on any atom is -0.467 e. The van der Waals surface area contributed by atoms with E-state index in [1.807, 2.05) is 30.4 Å². The second-order valence-electron chi connectivity index (χ2n) is 7.18. The highest BCUT2D eigenvalue weighted by Crippen LogP contribution is 2.26. The van der Waals surface area contributed by atoms with Crippen LogP contribution in [0.2, 0.25) is 0 Å². The monoisotopic (exact) mass is 358 g/mol. The number of morpholine rings is 1. The van der Waals surface area contributed by atoms with Crippen molar-refractivity contribution in [3.63, 3.8) is 0 Å². The normalized spacial score (nSPS) is 21.9. The zero-order valence-electron chi connectivity index (χ0n) is 15.3. The van der Waals surface area contributed by atoms with Crippen LogP contribution in [0.1, 0.15) is 40.7 Å². The van der Waals surface area contributed by atoms with Crippen LogP contribution in [0.15, 0.2) is 29.1 Å². The van der Waals surface area contributed by atoms with E-state index >= 15 is 0 Å². The summed E-state index contributed by atoms with van der Waals surface area (Å²) in [5.41, 5.74) is 0.647. The molecule has 0 radical (unpaired) electrons. The maximum Gasteiger partial charge on any atom is 0.257 e. The van der Waals surface area contributed by atoms with Crippen molar-refractivity contribution >= 4 is 5.91 Å². The quantitative estimate of drug-likeness (QED) is 0.835. The third kappa shape index (κ3) is 3.68. The Labute approximate surface area is 153 Å². The summed E-state index contributed by atoms with van der Waals surface area (Å²) in [7, 11) is 2.01. The Hall–Kier alpha value is -2.12. The molecule has 1 amide bonds. The van der Waals surface area contributed by atoms with Crippen LogP contribution in [0.5, 0.6) is 0 Å². The van der Waals surface area contributed by atoms with Crippen molar-refractivity contribution in [2.75, 3.05) is 39.4 Å². The predicted molar refractivity (Wildman–Crippen MR) is 95.9 cm³/mol. The molecule has 0 spiro atoms. The van der Waals surface area contributed by atoms with Crippen molar-refractivity contribution in [3.8, 4) is 0 Å². The van der Waals surface area contributed by atoms with Crippen LogP contribution in [0.4, 0.5) is 0 Å². The van der Waals surface area contributed by atoms with Gasteiger partial charge in [-0.25, -0.2) is 4.98 Å². The zero-order chi connectivity index (χ0) is 17.9. The Morgan fingerprint density at radius 2 is 2.15 bits per heavy atom. The second-order valence-corrected chi connectivity index (χ2v) is 7.18. The smallest absolute Gasteiger partial charge is 0.257 e. The van der Waals surface area contributed by atoms with Gasteiger partial charge >= 0.3 is 0 Å². The summed E-state index contributed by atoms with van der Waals surface area (Å²) < 4.78 is 13.1. The number of carbonyl (C=O) groups is 1. The van der Waals surface area contributed by atoms with Crippen LogP contribution < -0.4 is 0 Å². The van der Waals surface area contributed by atoms with Crippen molar-refractivity contribution in [3.05, 3.63) is 41.9 Å². The first-order chi connectivity index (χ1) is 12.7. The van der Waals surface area contributed by atoms with Crippen molar-refractivity contribution in [1.82, 2.24) is 19.4 Å². The van der Waals surface area contributed by atoms with Gasteiger partial charge in [0.2, 0.25) is 0 Å². The Kier molecular flexibility index (Phi) is 5.08. The lowest BCUT2D eigenvalue weighted by atomic mass is 9.96. The zero-order valence-corrected chi connectivity index (χ0v) is 15.3. The summed E-state index contributed by atoms with van der Waals surface area (Å²) in [6.07, 6.45) is 7.46. The van der Waals surface area contributed by atoms with Crippen molar-refractivity contribution in [2.24, 2.45) is 7.05 Å². The van der Waals surface area contributed by atoms with Crippen molar-refractivity contribution in [1.29, 1.82) is 0 Å². The first-order valence-electron chi connectivity index (χ1n) is 9.34. The van der Waals surface area contributed by atoms with Gasteiger partial charge in [0.15, 0.2) is 0 Å². The molecule has 2 aromatic heterocycles. The summed E-state index contributed by atoms with van der Waals surface area (Å²) in [6, 6.07) is 1.89. The number of imidazole rings is 1. The molecule has 4 heterocycles. The lowest BCUT2D eigenvalue weighted by Crippen LogP contribution is -2.39. The summed E-state index contributed by atoms with van der Waals surface area (Å²) in [5.74, 6) is 2.25. The molecule has 0 N–H and O–H groups in total. The van der Waals surface area contributed by atoms with E-state index in [4.69, 9.17) is 9.15 Å². The van der Waals surface area contributed by atoms with Gasteiger partial charge in [0, 0.05) is 51.5 Å². The van der Waals surface area contributed by atoms with Crippen LogP contribution in [0.25, 0.3) is 0 Å². The maximum atomic E-state index is 12.9. The number of hydrogen-bond acceptors (Lipinski definition) is 5. The number of carbonyl (C=O) groups excluding carboxylic acids is 1. The van der Waals surface area contributed by atoms with Gasteiger partial charge < -0.3 is 18.6 Å². The van der Waals surface area contributed by atoms with Gasteiger partial charge in [-0.05, 0) is 18.9 Å². The second kappa shape index (κ2) is 7.63. The molecule has 140 valence electrons. The van der Waals surface area contributed by atoms with E-state index in [9.17, 15) is 4.79 Å². The fourth-order valence-corrected chi connectivity index (χ4v) is 3.88. The molecule has 1 atom stereocenters. The lowest BCUT2D eigenvalue weighted by molar-refractivity contribution is 0.0313. The maximum absolute atomic E-state index is 12.9. The molecule has 2 aliphatic rings. The molecule has 2 fully saturated rings. The fourth-order valence-electron chi connectivity index (χ4n) is 3.88. The molecule has 26 heavy (non-hydrogen) atoms. The van der Waals surface area contributed by atoms with Crippen LogP contribution >= 0.6 is 0 Å². The molecule has 0 bridgehead atoms. The van der Waals surface area contributed by atoms with E-state index in [0.29, 0.717) is 18.0 Å². The van der Waals surface area contributed by atoms with Gasteiger partial charge in [-0.1, -0.05) is 0 Å². The van der Waals surface area contributed by atoms with Crippen molar-refractivity contribution < 1.29 is 13.9 Å². The number of ether oxygens (including phenoxy) is 1. The highest BCUT2D eigenvalue weighted by Gasteiger charge is 2.28. The number of rotatable bonds is 4.